The average molecular weight is 398 g/mol. The van der Waals surface area contributed by atoms with Gasteiger partial charge in [-0.1, -0.05) is 11.3 Å². The number of halogens is 4. The van der Waals surface area contributed by atoms with Crippen LogP contribution >= 0.6 is 11.3 Å². The van der Waals surface area contributed by atoms with Crippen molar-refractivity contribution in [2.24, 2.45) is 0 Å². The second-order valence-corrected chi connectivity index (χ2v) is 6.90. The Morgan fingerprint density at radius 1 is 1.26 bits per heavy atom. The van der Waals surface area contributed by atoms with Crippen molar-refractivity contribution in [2.45, 2.75) is 26.1 Å². The van der Waals surface area contributed by atoms with Gasteiger partial charge < -0.3 is 5.32 Å². The Morgan fingerprint density at radius 2 is 1.93 bits per heavy atom. The first-order chi connectivity index (χ1) is 12.6. The van der Waals surface area contributed by atoms with Gasteiger partial charge in [0.1, 0.15) is 5.82 Å². The first-order valence-electron chi connectivity index (χ1n) is 7.86. The maximum absolute atomic E-state index is 13.2. The summed E-state index contributed by atoms with van der Waals surface area (Å²) < 4.78 is 53.0. The lowest BCUT2D eigenvalue weighted by molar-refractivity contribution is -0.138. The molecule has 0 saturated heterocycles. The number of nitrogens with zero attached hydrogens (tertiary/aromatic N) is 3. The molecule has 10 heteroatoms. The summed E-state index contributed by atoms with van der Waals surface area (Å²) >= 11 is 0.389. The number of alkyl halides is 3. The Labute approximate surface area is 155 Å². The minimum absolute atomic E-state index is 0.0190. The third-order valence-electron chi connectivity index (χ3n) is 3.42. The van der Waals surface area contributed by atoms with Crippen molar-refractivity contribution in [3.05, 3.63) is 46.9 Å². The molecule has 0 aliphatic carbocycles. The first-order valence-corrected chi connectivity index (χ1v) is 8.68. The molecule has 5 nitrogen and oxygen atoms in total. The second-order valence-electron chi connectivity index (χ2n) is 5.95. The Balaban J connectivity index is 2.11. The molecule has 3 aromatic rings. The molecule has 0 radical (unpaired) electrons. The summed E-state index contributed by atoms with van der Waals surface area (Å²) in [5, 5.41) is 5.18. The average Bonchev–Trinajstić information content (AvgIpc) is 3.11. The first kappa shape index (κ1) is 19.0. The van der Waals surface area contributed by atoms with Crippen LogP contribution < -0.4 is 5.32 Å². The van der Waals surface area contributed by atoms with Gasteiger partial charge in [-0.15, -0.1) is 5.10 Å². The number of carbonyl (C=O) groups excluding carboxylic acids is 1. The molecule has 27 heavy (non-hydrogen) atoms. The van der Waals surface area contributed by atoms with E-state index in [-0.39, 0.29) is 16.7 Å². The van der Waals surface area contributed by atoms with Gasteiger partial charge in [0.25, 0.3) is 0 Å². The molecule has 3 rings (SSSR count). The molecular weight excluding hydrogens is 384 g/mol. The summed E-state index contributed by atoms with van der Waals surface area (Å²) in [6, 6.07) is 5.25. The van der Waals surface area contributed by atoms with E-state index in [0.29, 0.717) is 22.6 Å². The van der Waals surface area contributed by atoms with E-state index in [1.165, 1.54) is 36.4 Å². The minimum Gasteiger partial charge on any atom is -0.350 e. The van der Waals surface area contributed by atoms with Gasteiger partial charge >= 0.3 is 6.18 Å². The fourth-order valence-electron chi connectivity index (χ4n) is 2.34. The largest absolute Gasteiger partial charge is 0.445 e. The number of rotatable bonds is 4. The fourth-order valence-corrected chi connectivity index (χ4v) is 3.11. The smallest absolute Gasteiger partial charge is 0.350 e. The van der Waals surface area contributed by atoms with Gasteiger partial charge in [-0.05, 0) is 44.2 Å². The highest BCUT2D eigenvalue weighted by Gasteiger charge is 2.36. The van der Waals surface area contributed by atoms with Crippen molar-refractivity contribution in [1.29, 1.82) is 0 Å². The molecule has 0 fully saturated rings. The van der Waals surface area contributed by atoms with E-state index in [4.69, 9.17) is 0 Å². The van der Waals surface area contributed by atoms with E-state index >= 15 is 0 Å². The van der Waals surface area contributed by atoms with E-state index < -0.39 is 22.9 Å². The summed E-state index contributed by atoms with van der Waals surface area (Å²) in [5.74, 6) is -0.859. The lowest BCUT2D eigenvalue weighted by atomic mass is 10.1. The summed E-state index contributed by atoms with van der Waals surface area (Å²) in [4.78, 5) is 16.1. The van der Waals surface area contributed by atoms with Crippen LogP contribution in [0.5, 0.6) is 0 Å². The van der Waals surface area contributed by atoms with Crippen LogP contribution in [0, 0.1) is 5.82 Å². The van der Waals surface area contributed by atoms with Gasteiger partial charge in [-0.2, -0.15) is 13.2 Å². The highest BCUT2D eigenvalue weighted by molar-refractivity contribution is 7.16. The van der Waals surface area contributed by atoms with E-state index in [0.717, 1.165) is 4.52 Å². The zero-order valence-corrected chi connectivity index (χ0v) is 15.0. The highest BCUT2D eigenvalue weighted by Crippen LogP contribution is 2.35. The summed E-state index contributed by atoms with van der Waals surface area (Å²) in [7, 11) is 0. The third kappa shape index (κ3) is 4.16. The van der Waals surface area contributed by atoms with Crippen molar-refractivity contribution in [3.63, 3.8) is 0 Å². The lowest BCUT2D eigenvalue weighted by Gasteiger charge is -2.04. The van der Waals surface area contributed by atoms with Crippen molar-refractivity contribution < 1.29 is 22.4 Å². The molecule has 2 heterocycles. The van der Waals surface area contributed by atoms with Gasteiger partial charge in [0.15, 0.2) is 0 Å². The number of hydrogen-bond acceptors (Lipinski definition) is 4. The van der Waals surface area contributed by atoms with Crippen molar-refractivity contribution in [1.82, 2.24) is 19.9 Å². The molecule has 0 atom stereocenters. The second kappa shape index (κ2) is 7.10. The van der Waals surface area contributed by atoms with Crippen LogP contribution in [0.1, 0.15) is 24.5 Å². The third-order valence-corrected chi connectivity index (χ3v) is 4.38. The lowest BCUT2D eigenvalue weighted by Crippen LogP contribution is -2.28. The Hall–Kier alpha value is -2.75. The molecule has 1 aromatic carbocycles. The molecule has 0 bridgehead atoms. The normalized spacial score (nSPS) is 12.4. The number of nitrogens with one attached hydrogen (secondary N) is 1. The monoisotopic (exact) mass is 398 g/mol. The van der Waals surface area contributed by atoms with Gasteiger partial charge in [0.05, 0.1) is 11.4 Å². The van der Waals surface area contributed by atoms with Crippen molar-refractivity contribution in [3.8, 4) is 11.3 Å². The highest BCUT2D eigenvalue weighted by atomic mass is 32.1. The number of amides is 1. The van der Waals surface area contributed by atoms with Crippen molar-refractivity contribution in [2.75, 3.05) is 0 Å². The topological polar surface area (TPSA) is 59.3 Å². The van der Waals surface area contributed by atoms with Gasteiger partial charge in [0.2, 0.25) is 15.9 Å². The molecular formula is C17H14F4N4OS. The molecule has 2 aromatic heterocycles. The summed E-state index contributed by atoms with van der Waals surface area (Å²) in [5.41, 5.74) is 0.991. The number of hydrogen-bond donors (Lipinski definition) is 1. The predicted octanol–water partition coefficient (Wildman–Crippen LogP) is 4.15. The molecule has 142 valence electrons. The van der Waals surface area contributed by atoms with Crippen LogP contribution in [0.2, 0.25) is 0 Å². The summed E-state index contributed by atoms with van der Waals surface area (Å²) in [6.07, 6.45) is -2.06. The minimum atomic E-state index is -4.60. The maximum Gasteiger partial charge on any atom is 0.445 e. The Kier molecular flexibility index (Phi) is 5.01. The number of benzene rings is 1. The van der Waals surface area contributed by atoms with Crippen molar-refractivity contribution >= 4 is 28.3 Å². The molecule has 0 unspecified atom stereocenters. The van der Waals surface area contributed by atoms with Gasteiger partial charge in [-0.3, -0.25) is 4.79 Å². The summed E-state index contributed by atoms with van der Waals surface area (Å²) in [6.45, 7) is 3.56. The number of fused-ring (bicyclic) bond motifs is 1. The SMILES string of the molecule is CC(C)NC(=O)C=Cc1c(-c2ccc(F)cc2)nc2sc(C(F)(F)F)nn12. The van der Waals surface area contributed by atoms with E-state index in [1.54, 1.807) is 13.8 Å². The zero-order valence-electron chi connectivity index (χ0n) is 14.2. The molecule has 0 aliphatic heterocycles. The van der Waals surface area contributed by atoms with E-state index in [2.05, 4.69) is 15.4 Å². The molecule has 0 saturated carbocycles. The van der Waals surface area contributed by atoms with Crippen LogP contribution in [-0.4, -0.2) is 26.5 Å². The number of imidazole rings is 1. The quantitative estimate of drug-likeness (QED) is 0.531. The molecule has 1 amide bonds. The van der Waals surface area contributed by atoms with E-state index in [9.17, 15) is 22.4 Å². The van der Waals surface area contributed by atoms with Crippen LogP contribution in [0.3, 0.4) is 0 Å². The molecule has 0 spiro atoms. The Morgan fingerprint density at radius 3 is 2.52 bits per heavy atom. The van der Waals surface area contributed by atoms with Crippen LogP contribution in [-0.2, 0) is 11.0 Å². The standard InChI is InChI=1S/C17H14F4N4OS/c1-9(2)22-13(26)8-7-12-14(10-3-5-11(18)6-4-10)23-16-25(12)24-15(27-16)17(19,20)21/h3-9H,1-2H3,(H,22,26). The van der Waals surface area contributed by atoms with Gasteiger partial charge in [0, 0.05) is 17.7 Å². The number of carbonyl (C=O) groups is 1. The van der Waals surface area contributed by atoms with Crippen LogP contribution in [0.15, 0.2) is 30.3 Å². The predicted molar refractivity (Wildman–Crippen MR) is 93.6 cm³/mol. The fraction of sp³-hybridized carbons (Fsp3) is 0.235. The maximum atomic E-state index is 13.2. The van der Waals surface area contributed by atoms with E-state index in [1.807, 2.05) is 0 Å². The number of aromatic nitrogens is 3. The van der Waals surface area contributed by atoms with Crippen LogP contribution in [0.25, 0.3) is 22.3 Å². The zero-order chi connectivity index (χ0) is 19.8. The molecule has 0 aliphatic rings. The Bertz CT molecular complexity index is 1000. The van der Waals surface area contributed by atoms with Gasteiger partial charge in [-0.25, -0.2) is 13.9 Å². The molecule has 1 N–H and O–H groups in total. The van der Waals surface area contributed by atoms with Crippen LogP contribution in [0.4, 0.5) is 17.6 Å².